The van der Waals surface area contributed by atoms with Gasteiger partial charge in [-0.15, -0.1) is 0 Å². The fourth-order valence-electron chi connectivity index (χ4n) is 2.11. The van der Waals surface area contributed by atoms with E-state index >= 15 is 0 Å². The van der Waals surface area contributed by atoms with Crippen LogP contribution in [0.15, 0.2) is 0 Å². The third-order valence-electron chi connectivity index (χ3n) is 2.67. The molecule has 1 rings (SSSR count). The average Bonchev–Trinajstić information content (AvgIpc) is 2.06. The van der Waals surface area contributed by atoms with Crippen molar-refractivity contribution in [1.82, 2.24) is 10.6 Å². The molecule has 3 nitrogen and oxygen atoms in total. The second-order valence-corrected chi connectivity index (χ2v) is 5.23. The highest BCUT2D eigenvalue weighted by Crippen LogP contribution is 2.20. The maximum atomic E-state index is 10.3. The van der Waals surface area contributed by atoms with Crippen LogP contribution in [0.5, 0.6) is 0 Å². The van der Waals surface area contributed by atoms with Crippen LogP contribution in [0.3, 0.4) is 0 Å². The van der Waals surface area contributed by atoms with Crippen molar-refractivity contribution in [2.45, 2.75) is 64.1 Å². The van der Waals surface area contributed by atoms with Crippen molar-refractivity contribution >= 4 is 6.41 Å². The Labute approximate surface area is 86.6 Å². The maximum Gasteiger partial charge on any atom is 0.207 e. The molecule has 2 N–H and O–H groups in total. The predicted octanol–water partition coefficient (Wildman–Crippen LogP) is 1.43. The molecule has 0 aromatic rings. The van der Waals surface area contributed by atoms with E-state index in [9.17, 15) is 4.79 Å². The van der Waals surface area contributed by atoms with Crippen LogP contribution in [0.4, 0.5) is 0 Å². The van der Waals surface area contributed by atoms with Gasteiger partial charge >= 0.3 is 0 Å². The zero-order chi connectivity index (χ0) is 10.6. The predicted molar refractivity (Wildman–Crippen MR) is 58.1 cm³/mol. The van der Waals surface area contributed by atoms with Gasteiger partial charge in [-0.05, 0) is 46.5 Å². The van der Waals surface area contributed by atoms with Gasteiger partial charge in [-0.25, -0.2) is 0 Å². The quantitative estimate of drug-likeness (QED) is 0.674. The molecule has 0 saturated heterocycles. The summed E-state index contributed by atoms with van der Waals surface area (Å²) in [6.45, 7) is 6.59. The van der Waals surface area contributed by atoms with Crippen molar-refractivity contribution in [3.05, 3.63) is 0 Å². The normalized spacial score (nSPS) is 28.5. The summed E-state index contributed by atoms with van der Waals surface area (Å²) in [5.74, 6) is 0. The zero-order valence-electron chi connectivity index (χ0n) is 9.47. The third kappa shape index (κ3) is 4.09. The second kappa shape index (κ2) is 4.78. The number of carbonyl (C=O) groups excluding carboxylic acids is 1. The van der Waals surface area contributed by atoms with Gasteiger partial charge in [0.15, 0.2) is 0 Å². The number of hydrogen-bond donors (Lipinski definition) is 2. The van der Waals surface area contributed by atoms with Gasteiger partial charge in [-0.2, -0.15) is 0 Å². The minimum Gasteiger partial charge on any atom is -0.356 e. The first-order valence-corrected chi connectivity index (χ1v) is 5.48. The smallest absolute Gasteiger partial charge is 0.207 e. The molecular weight excluding hydrogens is 176 g/mol. The lowest BCUT2D eigenvalue weighted by molar-refractivity contribution is -0.110. The summed E-state index contributed by atoms with van der Waals surface area (Å²) in [6.07, 6.45) is 5.37. The lowest BCUT2D eigenvalue weighted by Crippen LogP contribution is -2.47. The number of nitrogens with one attached hydrogen (secondary N) is 2. The molecule has 0 aromatic heterocycles. The molecule has 0 atom stereocenters. The second-order valence-electron chi connectivity index (χ2n) is 5.23. The van der Waals surface area contributed by atoms with Gasteiger partial charge in [-0.3, -0.25) is 4.79 Å². The molecule has 82 valence electrons. The van der Waals surface area contributed by atoms with E-state index in [-0.39, 0.29) is 5.54 Å². The number of rotatable bonds is 3. The van der Waals surface area contributed by atoms with Crippen LogP contribution in [0.1, 0.15) is 46.5 Å². The van der Waals surface area contributed by atoms with Crippen molar-refractivity contribution in [3.8, 4) is 0 Å². The Kier molecular flexibility index (Phi) is 3.93. The van der Waals surface area contributed by atoms with Gasteiger partial charge in [0.2, 0.25) is 6.41 Å². The van der Waals surface area contributed by atoms with Gasteiger partial charge < -0.3 is 10.6 Å². The molecule has 1 saturated carbocycles. The molecule has 1 fully saturated rings. The third-order valence-corrected chi connectivity index (χ3v) is 2.67. The molecule has 1 aliphatic rings. The molecule has 0 bridgehead atoms. The summed E-state index contributed by atoms with van der Waals surface area (Å²) in [5.41, 5.74) is 0.204. The van der Waals surface area contributed by atoms with E-state index in [2.05, 4.69) is 31.4 Å². The molecule has 0 unspecified atom stereocenters. The summed E-state index contributed by atoms with van der Waals surface area (Å²) in [4.78, 5) is 10.3. The summed E-state index contributed by atoms with van der Waals surface area (Å²) >= 11 is 0. The SMILES string of the molecule is CC(C)(C)NC1CCC(NC=O)CC1. The molecule has 1 amide bonds. The Balaban J connectivity index is 2.25. The summed E-state index contributed by atoms with van der Waals surface area (Å²) in [7, 11) is 0. The number of hydrogen-bond acceptors (Lipinski definition) is 2. The highest BCUT2D eigenvalue weighted by Gasteiger charge is 2.23. The van der Waals surface area contributed by atoms with E-state index in [4.69, 9.17) is 0 Å². The van der Waals surface area contributed by atoms with E-state index in [0.29, 0.717) is 12.1 Å². The summed E-state index contributed by atoms with van der Waals surface area (Å²) in [5, 5.41) is 6.46. The van der Waals surface area contributed by atoms with Crippen LogP contribution >= 0.6 is 0 Å². The molecule has 0 spiro atoms. The highest BCUT2D eigenvalue weighted by molar-refractivity contribution is 5.46. The fraction of sp³-hybridized carbons (Fsp3) is 0.909. The topological polar surface area (TPSA) is 41.1 Å². The van der Waals surface area contributed by atoms with Crippen molar-refractivity contribution in [2.75, 3.05) is 0 Å². The molecule has 0 aliphatic heterocycles. The van der Waals surface area contributed by atoms with E-state index in [1.54, 1.807) is 0 Å². The van der Waals surface area contributed by atoms with Crippen molar-refractivity contribution in [1.29, 1.82) is 0 Å². The number of amides is 1. The Hall–Kier alpha value is -0.570. The molecule has 3 heteroatoms. The Morgan fingerprint density at radius 2 is 1.57 bits per heavy atom. The summed E-state index contributed by atoms with van der Waals surface area (Å²) < 4.78 is 0. The molecule has 14 heavy (non-hydrogen) atoms. The molecule has 1 aliphatic carbocycles. The van der Waals surface area contributed by atoms with Crippen LogP contribution in [0.25, 0.3) is 0 Å². The van der Waals surface area contributed by atoms with E-state index in [0.717, 1.165) is 19.3 Å². The standard InChI is InChI=1S/C11H22N2O/c1-11(2,3)13-10-6-4-9(5-7-10)12-8-14/h8-10,13H,4-7H2,1-3H3,(H,12,14). The van der Waals surface area contributed by atoms with Gasteiger partial charge in [0, 0.05) is 17.6 Å². The Bertz CT molecular complexity index is 178. The van der Waals surface area contributed by atoms with Crippen LogP contribution in [-0.4, -0.2) is 24.0 Å². The first-order chi connectivity index (χ1) is 6.51. The van der Waals surface area contributed by atoms with Crippen molar-refractivity contribution in [3.63, 3.8) is 0 Å². The van der Waals surface area contributed by atoms with E-state index < -0.39 is 0 Å². The van der Waals surface area contributed by atoms with Crippen LogP contribution in [0, 0.1) is 0 Å². The van der Waals surface area contributed by atoms with Crippen LogP contribution in [0.2, 0.25) is 0 Å². The van der Waals surface area contributed by atoms with Crippen molar-refractivity contribution < 1.29 is 4.79 Å². The first kappa shape index (κ1) is 11.5. The van der Waals surface area contributed by atoms with Gasteiger partial charge in [0.1, 0.15) is 0 Å². The minimum absolute atomic E-state index is 0.204. The van der Waals surface area contributed by atoms with Gasteiger partial charge in [-0.1, -0.05) is 0 Å². The van der Waals surface area contributed by atoms with Gasteiger partial charge in [0.05, 0.1) is 0 Å². The highest BCUT2D eigenvalue weighted by atomic mass is 16.1. The van der Waals surface area contributed by atoms with E-state index in [1.165, 1.54) is 12.8 Å². The Morgan fingerprint density at radius 3 is 2.00 bits per heavy atom. The van der Waals surface area contributed by atoms with Crippen LogP contribution in [-0.2, 0) is 4.79 Å². The molecule has 0 aromatic carbocycles. The maximum absolute atomic E-state index is 10.3. The van der Waals surface area contributed by atoms with Crippen LogP contribution < -0.4 is 10.6 Å². The monoisotopic (exact) mass is 198 g/mol. The largest absolute Gasteiger partial charge is 0.356 e. The molecular formula is C11H22N2O. The summed E-state index contributed by atoms with van der Waals surface area (Å²) in [6, 6.07) is 1.03. The van der Waals surface area contributed by atoms with E-state index in [1.807, 2.05) is 0 Å². The average molecular weight is 198 g/mol. The fourth-order valence-corrected chi connectivity index (χ4v) is 2.11. The molecule has 0 heterocycles. The zero-order valence-corrected chi connectivity index (χ0v) is 9.47. The first-order valence-electron chi connectivity index (χ1n) is 5.48. The Morgan fingerprint density at radius 1 is 1.07 bits per heavy atom. The van der Waals surface area contributed by atoms with Crippen molar-refractivity contribution in [2.24, 2.45) is 0 Å². The lowest BCUT2D eigenvalue weighted by Gasteiger charge is -2.34. The molecule has 0 radical (unpaired) electrons. The van der Waals surface area contributed by atoms with Gasteiger partial charge in [0.25, 0.3) is 0 Å². The minimum atomic E-state index is 0.204. The number of carbonyl (C=O) groups is 1. The lowest BCUT2D eigenvalue weighted by atomic mass is 9.90.